The van der Waals surface area contributed by atoms with Crippen molar-refractivity contribution in [2.45, 2.75) is 45.4 Å². The Labute approximate surface area is 121 Å². The third-order valence-electron chi connectivity index (χ3n) is 4.26. The van der Waals surface area contributed by atoms with Crippen LogP contribution in [0.5, 0.6) is 0 Å². The predicted octanol–water partition coefficient (Wildman–Crippen LogP) is 2.53. The van der Waals surface area contributed by atoms with Gasteiger partial charge >= 0.3 is 0 Å². The molecule has 20 heavy (non-hydrogen) atoms. The van der Waals surface area contributed by atoms with Gasteiger partial charge in [0.25, 0.3) is 0 Å². The van der Waals surface area contributed by atoms with Crippen LogP contribution in [0.1, 0.15) is 42.8 Å². The molecule has 0 atom stereocenters. The third-order valence-corrected chi connectivity index (χ3v) is 4.26. The zero-order valence-corrected chi connectivity index (χ0v) is 12.7. The summed E-state index contributed by atoms with van der Waals surface area (Å²) in [5.41, 5.74) is 2.64. The van der Waals surface area contributed by atoms with E-state index < -0.39 is 0 Å². The standard InChI is InChI=1S/C16H25N3O/c1-12-17-15-6-4-3-5-14(15)16(18-12)19(2)9-10-20-11-13-7-8-13/h13H,3-11H2,1-2H3. The van der Waals surface area contributed by atoms with Crippen molar-refractivity contribution in [2.75, 3.05) is 31.7 Å². The van der Waals surface area contributed by atoms with Gasteiger partial charge in [-0.2, -0.15) is 0 Å². The van der Waals surface area contributed by atoms with E-state index in [0.29, 0.717) is 0 Å². The number of hydrogen-bond acceptors (Lipinski definition) is 4. The molecule has 0 aromatic carbocycles. The summed E-state index contributed by atoms with van der Waals surface area (Å²) in [6.07, 6.45) is 7.47. The SMILES string of the molecule is Cc1nc2c(c(N(C)CCOCC3CC3)n1)CCCC2. The van der Waals surface area contributed by atoms with Crippen molar-refractivity contribution in [1.29, 1.82) is 0 Å². The number of aromatic nitrogens is 2. The zero-order chi connectivity index (χ0) is 13.9. The average Bonchev–Trinajstić information content (AvgIpc) is 3.26. The Morgan fingerprint density at radius 1 is 1.20 bits per heavy atom. The molecule has 0 amide bonds. The van der Waals surface area contributed by atoms with Gasteiger partial charge in [-0.1, -0.05) is 0 Å². The molecule has 4 nitrogen and oxygen atoms in total. The summed E-state index contributed by atoms with van der Waals surface area (Å²) in [6, 6.07) is 0. The molecule has 0 saturated heterocycles. The van der Waals surface area contributed by atoms with Crippen molar-refractivity contribution < 1.29 is 4.74 Å². The van der Waals surface area contributed by atoms with Crippen molar-refractivity contribution in [2.24, 2.45) is 5.92 Å². The number of likely N-dealkylation sites (N-methyl/N-ethyl adjacent to an activating group) is 1. The summed E-state index contributed by atoms with van der Waals surface area (Å²) in [5, 5.41) is 0. The molecule has 110 valence electrons. The van der Waals surface area contributed by atoms with E-state index in [-0.39, 0.29) is 0 Å². The van der Waals surface area contributed by atoms with Crippen LogP contribution in [0, 0.1) is 12.8 Å². The number of nitrogens with zero attached hydrogens (tertiary/aromatic N) is 3. The lowest BCUT2D eigenvalue weighted by molar-refractivity contribution is 0.130. The highest BCUT2D eigenvalue weighted by atomic mass is 16.5. The first kappa shape index (κ1) is 13.8. The maximum absolute atomic E-state index is 5.74. The summed E-state index contributed by atoms with van der Waals surface area (Å²) in [5.74, 6) is 2.86. The van der Waals surface area contributed by atoms with Crippen LogP contribution in [-0.2, 0) is 17.6 Å². The molecule has 1 aromatic heterocycles. The normalized spacial score (nSPS) is 17.9. The highest BCUT2D eigenvalue weighted by Gasteiger charge is 2.22. The van der Waals surface area contributed by atoms with Gasteiger partial charge in [0.1, 0.15) is 11.6 Å². The molecule has 0 spiro atoms. The van der Waals surface area contributed by atoms with Crippen molar-refractivity contribution >= 4 is 5.82 Å². The van der Waals surface area contributed by atoms with E-state index in [9.17, 15) is 0 Å². The van der Waals surface area contributed by atoms with Gasteiger partial charge in [0.05, 0.1) is 6.61 Å². The smallest absolute Gasteiger partial charge is 0.135 e. The summed E-state index contributed by atoms with van der Waals surface area (Å²) < 4.78 is 5.74. The zero-order valence-electron chi connectivity index (χ0n) is 12.7. The van der Waals surface area contributed by atoms with E-state index in [4.69, 9.17) is 4.74 Å². The molecule has 0 unspecified atom stereocenters. The highest BCUT2D eigenvalue weighted by Crippen LogP contribution is 2.29. The minimum Gasteiger partial charge on any atom is -0.379 e. The number of fused-ring (bicyclic) bond motifs is 1. The Kier molecular flexibility index (Phi) is 4.20. The van der Waals surface area contributed by atoms with E-state index in [1.165, 1.54) is 36.9 Å². The Bertz CT molecular complexity index is 471. The van der Waals surface area contributed by atoms with Gasteiger partial charge in [0.2, 0.25) is 0 Å². The lowest BCUT2D eigenvalue weighted by Crippen LogP contribution is -2.27. The first-order valence-corrected chi connectivity index (χ1v) is 7.89. The molecule has 0 bridgehead atoms. The molecule has 2 aliphatic rings. The third kappa shape index (κ3) is 3.29. The molecule has 0 N–H and O–H groups in total. The molecular formula is C16H25N3O. The van der Waals surface area contributed by atoms with E-state index in [2.05, 4.69) is 21.9 Å². The van der Waals surface area contributed by atoms with E-state index in [1.807, 2.05) is 6.92 Å². The molecule has 1 fully saturated rings. The molecule has 2 aliphatic carbocycles. The molecule has 0 aliphatic heterocycles. The number of hydrogen-bond donors (Lipinski definition) is 0. The van der Waals surface area contributed by atoms with Crippen molar-refractivity contribution in [3.63, 3.8) is 0 Å². The van der Waals surface area contributed by atoms with Crippen molar-refractivity contribution in [3.8, 4) is 0 Å². The number of rotatable bonds is 6. The van der Waals surface area contributed by atoms with Crippen LogP contribution in [0.25, 0.3) is 0 Å². The van der Waals surface area contributed by atoms with Crippen LogP contribution in [0.4, 0.5) is 5.82 Å². The maximum Gasteiger partial charge on any atom is 0.135 e. The monoisotopic (exact) mass is 275 g/mol. The molecule has 3 rings (SSSR count). The number of anilines is 1. The second kappa shape index (κ2) is 6.08. The van der Waals surface area contributed by atoms with Gasteiger partial charge in [-0.25, -0.2) is 9.97 Å². The Balaban J connectivity index is 1.63. The summed E-state index contributed by atoms with van der Waals surface area (Å²) in [6.45, 7) is 4.64. The van der Waals surface area contributed by atoms with Gasteiger partial charge in [-0.15, -0.1) is 0 Å². The van der Waals surface area contributed by atoms with E-state index in [1.54, 1.807) is 0 Å². The summed E-state index contributed by atoms with van der Waals surface area (Å²) >= 11 is 0. The maximum atomic E-state index is 5.74. The van der Waals surface area contributed by atoms with Crippen LogP contribution < -0.4 is 4.90 Å². The first-order chi connectivity index (χ1) is 9.74. The molecule has 1 saturated carbocycles. The van der Waals surface area contributed by atoms with Crippen LogP contribution in [-0.4, -0.2) is 36.8 Å². The molecule has 1 aromatic rings. The molecule has 1 heterocycles. The fourth-order valence-electron chi connectivity index (χ4n) is 2.85. The van der Waals surface area contributed by atoms with Crippen LogP contribution in [0.3, 0.4) is 0 Å². The van der Waals surface area contributed by atoms with E-state index >= 15 is 0 Å². The van der Waals surface area contributed by atoms with Crippen molar-refractivity contribution in [1.82, 2.24) is 9.97 Å². The van der Waals surface area contributed by atoms with Gasteiger partial charge in [-0.05, 0) is 51.4 Å². The van der Waals surface area contributed by atoms with E-state index in [0.717, 1.165) is 50.2 Å². The minimum absolute atomic E-state index is 0.796. The Hall–Kier alpha value is -1.16. The fraction of sp³-hybridized carbons (Fsp3) is 0.750. The number of aryl methyl sites for hydroxylation is 2. The van der Waals surface area contributed by atoms with Crippen LogP contribution in [0.2, 0.25) is 0 Å². The highest BCUT2D eigenvalue weighted by molar-refractivity contribution is 5.49. The number of ether oxygens (including phenoxy) is 1. The summed E-state index contributed by atoms with van der Waals surface area (Å²) in [7, 11) is 2.12. The largest absolute Gasteiger partial charge is 0.379 e. The second-order valence-electron chi connectivity index (χ2n) is 6.17. The average molecular weight is 275 g/mol. The van der Waals surface area contributed by atoms with Gasteiger partial charge in [-0.3, -0.25) is 0 Å². The van der Waals surface area contributed by atoms with Crippen LogP contribution >= 0.6 is 0 Å². The summed E-state index contributed by atoms with van der Waals surface area (Å²) in [4.78, 5) is 11.5. The lowest BCUT2D eigenvalue weighted by atomic mass is 9.96. The van der Waals surface area contributed by atoms with Gasteiger partial charge < -0.3 is 9.64 Å². The topological polar surface area (TPSA) is 38.2 Å². The quantitative estimate of drug-likeness (QED) is 0.748. The lowest BCUT2D eigenvalue weighted by Gasteiger charge is -2.25. The Morgan fingerprint density at radius 3 is 2.80 bits per heavy atom. The molecule has 4 heteroatoms. The molecular weight excluding hydrogens is 250 g/mol. The fourth-order valence-corrected chi connectivity index (χ4v) is 2.85. The Morgan fingerprint density at radius 2 is 2.00 bits per heavy atom. The van der Waals surface area contributed by atoms with Crippen molar-refractivity contribution in [3.05, 3.63) is 17.1 Å². The van der Waals surface area contributed by atoms with Crippen LogP contribution in [0.15, 0.2) is 0 Å². The van der Waals surface area contributed by atoms with Gasteiger partial charge in [0, 0.05) is 31.5 Å². The minimum atomic E-state index is 0.796. The molecule has 0 radical (unpaired) electrons. The predicted molar refractivity (Wildman–Crippen MR) is 80.2 cm³/mol. The first-order valence-electron chi connectivity index (χ1n) is 7.89. The van der Waals surface area contributed by atoms with Gasteiger partial charge in [0.15, 0.2) is 0 Å². The second-order valence-corrected chi connectivity index (χ2v) is 6.17.